The summed E-state index contributed by atoms with van der Waals surface area (Å²) in [6.07, 6.45) is 36.8. The minimum atomic E-state index is 0.609. The summed E-state index contributed by atoms with van der Waals surface area (Å²) in [6.45, 7) is 0. The van der Waals surface area contributed by atoms with Gasteiger partial charge in [-0.15, -0.1) is 38.5 Å². The second-order valence-electron chi connectivity index (χ2n) is 16.0. The van der Waals surface area contributed by atoms with Crippen LogP contribution in [-0.2, 0) is 0 Å². The highest BCUT2D eigenvalue weighted by molar-refractivity contribution is 6.22. The van der Waals surface area contributed by atoms with Gasteiger partial charge in [-0.25, -0.2) is 0 Å². The summed E-state index contributed by atoms with van der Waals surface area (Å²) in [4.78, 5) is 0. The van der Waals surface area contributed by atoms with Crippen molar-refractivity contribution in [3.8, 4) is 141 Å². The number of terminal acetylenes is 6. The van der Waals surface area contributed by atoms with E-state index in [1.165, 1.54) is 16.3 Å². The zero-order valence-corrected chi connectivity index (χ0v) is 35.8. The van der Waals surface area contributed by atoms with Crippen molar-refractivity contribution in [1.82, 2.24) is 0 Å². The molecule has 0 atom stereocenters. The Hall–Kier alpha value is -9.66. The SMILES string of the molecule is C#Cc1cccc(-c2cc(-c3ccc(-c4cccc(C#C)c4C#C)c(-c4cccc(C#C)c4C#C)c3)cc(-c3c4ccccc4c(-c4ccc5ccccc5c4)c4ccccc34)c2)c1C#C. The fourth-order valence-electron chi connectivity index (χ4n) is 9.54. The Morgan fingerprint density at radius 1 is 0.242 bits per heavy atom. The van der Waals surface area contributed by atoms with Crippen molar-refractivity contribution in [3.63, 3.8) is 0 Å². The van der Waals surface area contributed by atoms with E-state index in [2.05, 4.69) is 163 Å². The third-order valence-corrected chi connectivity index (χ3v) is 12.5. The van der Waals surface area contributed by atoms with E-state index in [9.17, 15) is 0 Å². The zero-order valence-electron chi connectivity index (χ0n) is 35.8. The normalized spacial score (nSPS) is 10.6. The first-order valence-corrected chi connectivity index (χ1v) is 21.4. The van der Waals surface area contributed by atoms with Crippen molar-refractivity contribution in [2.24, 2.45) is 0 Å². The number of hydrogen-bond acceptors (Lipinski definition) is 0. The highest BCUT2D eigenvalue weighted by atomic mass is 14.2. The van der Waals surface area contributed by atoms with Crippen LogP contribution in [0.1, 0.15) is 33.4 Å². The van der Waals surface area contributed by atoms with Gasteiger partial charge in [-0.1, -0.05) is 169 Å². The van der Waals surface area contributed by atoms with E-state index in [0.717, 1.165) is 82.7 Å². The van der Waals surface area contributed by atoms with Crippen LogP contribution in [0, 0.1) is 74.1 Å². The van der Waals surface area contributed by atoms with E-state index in [0.29, 0.717) is 33.4 Å². The molecule has 300 valence electrons. The first kappa shape index (κ1) is 40.4. The molecular weight excluding hydrogens is 793 g/mol. The molecule has 0 N–H and O–H groups in total. The summed E-state index contributed by atoms with van der Waals surface area (Å²) < 4.78 is 0. The van der Waals surface area contributed by atoms with Crippen LogP contribution in [0.25, 0.3) is 99.1 Å². The molecule has 0 saturated carbocycles. The molecule has 0 aromatic heterocycles. The standard InChI is InChI=1S/C66H36/c1-7-43-24-19-31-56(53(43)10-4)51-39-50(48-36-37-59(57-32-20-25-44(8-2)54(57)11-5)64(42-48)58-33-21-26-45(9-3)55(58)12-6)40-52(41-51)66-62-29-17-15-27-60(62)65(61-28-16-18-30-63(61)66)49-35-34-46-22-13-14-23-47(46)38-49/h1-6,13-42H. The maximum atomic E-state index is 6.27. The van der Waals surface area contributed by atoms with Crippen LogP contribution in [0.3, 0.4) is 0 Å². The molecule has 0 aliphatic carbocycles. The van der Waals surface area contributed by atoms with Crippen molar-refractivity contribution >= 4 is 32.3 Å². The Morgan fingerprint density at radius 2 is 0.682 bits per heavy atom. The molecular formula is C66H36. The summed E-state index contributed by atoms with van der Waals surface area (Å²) in [5.74, 6) is 17.1. The summed E-state index contributed by atoms with van der Waals surface area (Å²) in [5, 5.41) is 6.91. The molecule has 0 nitrogen and oxygen atoms in total. The van der Waals surface area contributed by atoms with Crippen LogP contribution in [0.5, 0.6) is 0 Å². The molecule has 0 aliphatic heterocycles. The van der Waals surface area contributed by atoms with Gasteiger partial charge in [0.1, 0.15) is 0 Å². The van der Waals surface area contributed by atoms with E-state index in [-0.39, 0.29) is 0 Å². The maximum absolute atomic E-state index is 6.27. The minimum Gasteiger partial charge on any atom is -0.115 e. The van der Waals surface area contributed by atoms with Gasteiger partial charge < -0.3 is 0 Å². The van der Waals surface area contributed by atoms with Gasteiger partial charge in [0.15, 0.2) is 0 Å². The van der Waals surface area contributed by atoms with Gasteiger partial charge in [-0.05, 0) is 148 Å². The van der Waals surface area contributed by atoms with Crippen LogP contribution in [0.15, 0.2) is 182 Å². The minimum absolute atomic E-state index is 0.609. The molecule has 0 unspecified atom stereocenters. The van der Waals surface area contributed by atoms with E-state index in [4.69, 9.17) is 38.5 Å². The Labute approximate surface area is 386 Å². The lowest BCUT2D eigenvalue weighted by molar-refractivity contribution is 1.51. The fraction of sp³-hybridized carbons (Fsp3) is 0. The largest absolute Gasteiger partial charge is 0.115 e. The van der Waals surface area contributed by atoms with Crippen molar-refractivity contribution in [2.75, 3.05) is 0 Å². The zero-order chi connectivity index (χ0) is 45.3. The molecule has 0 bridgehead atoms. The molecule has 0 amide bonds. The van der Waals surface area contributed by atoms with E-state index in [1.807, 2.05) is 54.6 Å². The average Bonchev–Trinajstić information content (AvgIpc) is 3.38. The van der Waals surface area contributed by atoms with Crippen LogP contribution in [0.4, 0.5) is 0 Å². The second-order valence-corrected chi connectivity index (χ2v) is 16.0. The van der Waals surface area contributed by atoms with Crippen molar-refractivity contribution in [3.05, 3.63) is 215 Å². The Bertz CT molecular complexity index is 3880. The molecule has 0 heterocycles. The Morgan fingerprint density at radius 3 is 1.23 bits per heavy atom. The van der Waals surface area contributed by atoms with E-state index >= 15 is 0 Å². The van der Waals surface area contributed by atoms with Gasteiger partial charge in [-0.3, -0.25) is 0 Å². The molecule has 0 spiro atoms. The Kier molecular flexibility index (Phi) is 10.3. The smallest absolute Gasteiger partial charge is 0.0477 e. The molecule has 66 heavy (non-hydrogen) atoms. The fourth-order valence-corrected chi connectivity index (χ4v) is 9.54. The van der Waals surface area contributed by atoms with Crippen molar-refractivity contribution < 1.29 is 0 Å². The number of benzene rings is 10. The van der Waals surface area contributed by atoms with E-state index < -0.39 is 0 Å². The van der Waals surface area contributed by atoms with Gasteiger partial charge >= 0.3 is 0 Å². The number of rotatable bonds is 6. The highest BCUT2D eigenvalue weighted by Crippen LogP contribution is 2.47. The summed E-state index contributed by atoms with van der Waals surface area (Å²) in [5.41, 5.74) is 15.2. The topological polar surface area (TPSA) is 0 Å². The monoisotopic (exact) mass is 828 g/mol. The highest BCUT2D eigenvalue weighted by Gasteiger charge is 2.21. The average molecular weight is 829 g/mol. The predicted octanol–water partition coefficient (Wildman–Crippen LogP) is 15.0. The lowest BCUT2D eigenvalue weighted by Crippen LogP contribution is -1.96. The van der Waals surface area contributed by atoms with Crippen LogP contribution in [0.2, 0.25) is 0 Å². The van der Waals surface area contributed by atoms with Gasteiger partial charge in [0.2, 0.25) is 0 Å². The molecule has 0 fully saturated rings. The third-order valence-electron chi connectivity index (χ3n) is 12.5. The number of hydrogen-bond donors (Lipinski definition) is 0. The van der Waals surface area contributed by atoms with Crippen LogP contribution >= 0.6 is 0 Å². The first-order chi connectivity index (χ1) is 32.5. The summed E-state index contributed by atoms with van der Waals surface area (Å²) >= 11 is 0. The summed E-state index contributed by atoms with van der Waals surface area (Å²) in [7, 11) is 0. The van der Waals surface area contributed by atoms with E-state index in [1.54, 1.807) is 0 Å². The lowest BCUT2D eigenvalue weighted by atomic mass is 9.83. The quantitative estimate of drug-likeness (QED) is 0.116. The lowest BCUT2D eigenvalue weighted by Gasteiger charge is -2.20. The van der Waals surface area contributed by atoms with Gasteiger partial charge in [0.25, 0.3) is 0 Å². The molecule has 0 heteroatoms. The van der Waals surface area contributed by atoms with Crippen LogP contribution in [-0.4, -0.2) is 0 Å². The molecule has 0 aliphatic rings. The Balaban J connectivity index is 1.30. The third kappa shape index (κ3) is 6.75. The van der Waals surface area contributed by atoms with Gasteiger partial charge in [-0.2, -0.15) is 0 Å². The number of fused-ring (bicyclic) bond motifs is 3. The molecule has 10 aromatic rings. The molecule has 10 rings (SSSR count). The molecule has 0 radical (unpaired) electrons. The maximum Gasteiger partial charge on any atom is 0.0477 e. The summed E-state index contributed by atoms with van der Waals surface area (Å²) in [6, 6.07) is 63.1. The molecule has 0 saturated heterocycles. The predicted molar refractivity (Wildman–Crippen MR) is 279 cm³/mol. The molecule has 10 aromatic carbocycles. The van der Waals surface area contributed by atoms with Crippen molar-refractivity contribution in [1.29, 1.82) is 0 Å². The van der Waals surface area contributed by atoms with Gasteiger partial charge in [0, 0.05) is 33.4 Å². The van der Waals surface area contributed by atoms with Crippen molar-refractivity contribution in [2.45, 2.75) is 0 Å². The second kappa shape index (κ2) is 16.9. The first-order valence-electron chi connectivity index (χ1n) is 21.4. The van der Waals surface area contributed by atoms with Crippen LogP contribution < -0.4 is 0 Å². The van der Waals surface area contributed by atoms with Gasteiger partial charge in [0.05, 0.1) is 0 Å².